The first-order chi connectivity index (χ1) is 12.5. The lowest BCUT2D eigenvalue weighted by Gasteiger charge is -1.97. The molecule has 0 spiro atoms. The molecule has 4 aromatic rings. The third-order valence-electron chi connectivity index (χ3n) is 3.68. The zero-order valence-electron chi connectivity index (χ0n) is 13.0. The summed E-state index contributed by atoms with van der Waals surface area (Å²) in [6.45, 7) is 0. The van der Waals surface area contributed by atoms with Crippen molar-refractivity contribution < 1.29 is 4.92 Å². The Bertz CT molecular complexity index is 1260. The van der Waals surface area contributed by atoms with Gasteiger partial charge in [0.2, 0.25) is 4.96 Å². The standard InChI is InChI=1S/C17H9BrN4O3S/c18-13-7-2-1-6-12(13)15-19-17-21(20-15)16(23)14(26-17)9-10-4-3-5-11(8-10)22(24)25/h1-9H/b14-9-. The molecule has 9 heteroatoms. The van der Waals surface area contributed by atoms with E-state index in [1.165, 1.54) is 28.0 Å². The van der Waals surface area contributed by atoms with Gasteiger partial charge in [0.15, 0.2) is 5.82 Å². The van der Waals surface area contributed by atoms with Crippen molar-refractivity contribution in [3.8, 4) is 11.4 Å². The maximum atomic E-state index is 12.6. The van der Waals surface area contributed by atoms with Crippen LogP contribution < -0.4 is 10.1 Å². The summed E-state index contributed by atoms with van der Waals surface area (Å²) in [5.41, 5.74) is 1.04. The van der Waals surface area contributed by atoms with E-state index < -0.39 is 4.92 Å². The lowest BCUT2D eigenvalue weighted by Crippen LogP contribution is -2.23. The summed E-state index contributed by atoms with van der Waals surface area (Å²) in [5, 5.41) is 15.2. The molecule has 0 aliphatic heterocycles. The summed E-state index contributed by atoms with van der Waals surface area (Å²) in [4.78, 5) is 27.9. The number of nitro benzene ring substituents is 1. The van der Waals surface area contributed by atoms with Crippen molar-refractivity contribution in [1.82, 2.24) is 14.6 Å². The Morgan fingerprint density at radius 2 is 2.00 bits per heavy atom. The Kier molecular flexibility index (Phi) is 4.09. The number of nitro groups is 1. The van der Waals surface area contributed by atoms with Gasteiger partial charge >= 0.3 is 0 Å². The minimum absolute atomic E-state index is 0.0260. The van der Waals surface area contributed by atoms with Crippen LogP contribution in [0.25, 0.3) is 22.4 Å². The van der Waals surface area contributed by atoms with Crippen LogP contribution in [0.2, 0.25) is 0 Å². The third-order valence-corrected chi connectivity index (χ3v) is 5.33. The molecule has 0 aliphatic rings. The Balaban J connectivity index is 1.82. The number of fused-ring (bicyclic) bond motifs is 1. The van der Waals surface area contributed by atoms with Crippen molar-refractivity contribution >= 4 is 44.0 Å². The van der Waals surface area contributed by atoms with Gasteiger partial charge in [-0.2, -0.15) is 9.50 Å². The largest absolute Gasteiger partial charge is 0.291 e. The third kappa shape index (κ3) is 2.91. The van der Waals surface area contributed by atoms with Crippen molar-refractivity contribution in [2.75, 3.05) is 0 Å². The number of benzene rings is 2. The average Bonchev–Trinajstić information content (AvgIpc) is 3.16. The number of thiazole rings is 1. The molecular weight excluding hydrogens is 420 g/mol. The van der Waals surface area contributed by atoms with Crippen LogP contribution in [0, 0.1) is 10.1 Å². The molecule has 2 aromatic carbocycles. The summed E-state index contributed by atoms with van der Waals surface area (Å²) in [7, 11) is 0. The van der Waals surface area contributed by atoms with Crippen molar-refractivity contribution in [2.45, 2.75) is 0 Å². The van der Waals surface area contributed by atoms with Gasteiger partial charge in [-0.15, -0.1) is 5.10 Å². The zero-order chi connectivity index (χ0) is 18.3. The van der Waals surface area contributed by atoms with Crippen LogP contribution in [-0.4, -0.2) is 19.5 Å². The van der Waals surface area contributed by atoms with Crippen LogP contribution in [0.1, 0.15) is 5.56 Å². The highest BCUT2D eigenvalue weighted by molar-refractivity contribution is 9.10. The fraction of sp³-hybridized carbons (Fsp3) is 0. The highest BCUT2D eigenvalue weighted by Crippen LogP contribution is 2.25. The van der Waals surface area contributed by atoms with Gasteiger partial charge < -0.3 is 0 Å². The first-order valence-electron chi connectivity index (χ1n) is 7.43. The van der Waals surface area contributed by atoms with E-state index in [9.17, 15) is 14.9 Å². The van der Waals surface area contributed by atoms with Crippen molar-refractivity contribution in [3.05, 3.63) is 83.6 Å². The first kappa shape index (κ1) is 16.6. The first-order valence-corrected chi connectivity index (χ1v) is 9.04. The molecule has 0 N–H and O–H groups in total. The predicted molar refractivity (Wildman–Crippen MR) is 102 cm³/mol. The topological polar surface area (TPSA) is 90.4 Å². The number of rotatable bonds is 3. The maximum absolute atomic E-state index is 12.6. The van der Waals surface area contributed by atoms with Crippen molar-refractivity contribution in [2.24, 2.45) is 0 Å². The summed E-state index contributed by atoms with van der Waals surface area (Å²) in [6.07, 6.45) is 1.61. The Labute approximate surface area is 158 Å². The van der Waals surface area contributed by atoms with Gasteiger partial charge in [-0.05, 0) is 23.8 Å². The minimum atomic E-state index is -0.470. The highest BCUT2D eigenvalue weighted by atomic mass is 79.9. The smallest absolute Gasteiger partial charge is 0.266 e. The molecule has 0 unspecified atom stereocenters. The summed E-state index contributed by atoms with van der Waals surface area (Å²) < 4.78 is 2.51. The predicted octanol–water partition coefficient (Wildman–Crippen LogP) is 3.04. The molecule has 0 amide bonds. The Hall–Kier alpha value is -2.91. The van der Waals surface area contributed by atoms with E-state index >= 15 is 0 Å². The molecule has 0 bridgehead atoms. The molecule has 4 rings (SSSR count). The van der Waals surface area contributed by atoms with Crippen LogP contribution in [0.4, 0.5) is 5.69 Å². The monoisotopic (exact) mass is 428 g/mol. The van der Waals surface area contributed by atoms with Crippen LogP contribution >= 0.6 is 27.3 Å². The van der Waals surface area contributed by atoms with Crippen LogP contribution in [-0.2, 0) is 0 Å². The van der Waals surface area contributed by atoms with Crippen molar-refractivity contribution in [3.63, 3.8) is 0 Å². The molecular formula is C17H9BrN4O3S. The lowest BCUT2D eigenvalue weighted by atomic mass is 10.2. The van der Waals surface area contributed by atoms with Gasteiger partial charge in [-0.25, -0.2) is 0 Å². The van der Waals surface area contributed by atoms with Crippen molar-refractivity contribution in [1.29, 1.82) is 0 Å². The summed E-state index contributed by atoms with van der Waals surface area (Å²) in [6, 6.07) is 13.6. The van der Waals surface area contributed by atoms with E-state index in [1.54, 1.807) is 18.2 Å². The number of hydrogen-bond donors (Lipinski definition) is 0. The zero-order valence-corrected chi connectivity index (χ0v) is 15.4. The van der Waals surface area contributed by atoms with E-state index in [4.69, 9.17) is 0 Å². The van der Waals surface area contributed by atoms with E-state index in [0.717, 1.165) is 10.0 Å². The molecule has 0 radical (unpaired) electrons. The summed E-state index contributed by atoms with van der Waals surface area (Å²) in [5.74, 6) is 0.461. The number of non-ortho nitro benzene ring substituents is 1. The van der Waals surface area contributed by atoms with Crippen LogP contribution in [0.5, 0.6) is 0 Å². The molecule has 0 atom stereocenters. The second-order valence-electron chi connectivity index (χ2n) is 5.38. The molecule has 2 heterocycles. The van der Waals surface area contributed by atoms with E-state index in [1.807, 2.05) is 24.3 Å². The summed E-state index contributed by atoms with van der Waals surface area (Å²) >= 11 is 4.64. The quantitative estimate of drug-likeness (QED) is 0.369. The Morgan fingerprint density at radius 1 is 1.19 bits per heavy atom. The molecule has 0 saturated heterocycles. The van der Waals surface area contributed by atoms with Gasteiger partial charge in [0, 0.05) is 22.2 Å². The van der Waals surface area contributed by atoms with E-state index in [0.29, 0.717) is 20.9 Å². The Morgan fingerprint density at radius 3 is 2.73 bits per heavy atom. The molecule has 2 aromatic heterocycles. The number of hydrogen-bond acceptors (Lipinski definition) is 6. The molecule has 0 saturated carbocycles. The lowest BCUT2D eigenvalue weighted by molar-refractivity contribution is -0.384. The molecule has 0 aliphatic carbocycles. The number of aromatic nitrogens is 3. The van der Waals surface area contributed by atoms with Gasteiger partial charge in [-0.1, -0.05) is 51.5 Å². The second-order valence-corrected chi connectivity index (χ2v) is 7.24. The van der Waals surface area contributed by atoms with Gasteiger partial charge in [0.05, 0.1) is 9.46 Å². The molecule has 26 heavy (non-hydrogen) atoms. The van der Waals surface area contributed by atoms with Crippen LogP contribution in [0.3, 0.4) is 0 Å². The van der Waals surface area contributed by atoms with Gasteiger partial charge in [-0.3, -0.25) is 14.9 Å². The maximum Gasteiger partial charge on any atom is 0.291 e. The number of nitrogens with zero attached hydrogens (tertiary/aromatic N) is 4. The van der Waals surface area contributed by atoms with Gasteiger partial charge in [0.1, 0.15) is 0 Å². The SMILES string of the molecule is O=c1/c(=C/c2cccc([N+](=O)[O-])c2)sc2nc(-c3ccccc3Br)nn12. The number of halogens is 1. The molecule has 7 nitrogen and oxygen atoms in total. The normalized spacial score (nSPS) is 12.0. The van der Waals surface area contributed by atoms with Gasteiger partial charge in [0.25, 0.3) is 11.2 Å². The van der Waals surface area contributed by atoms with Crippen LogP contribution in [0.15, 0.2) is 57.8 Å². The van der Waals surface area contributed by atoms with E-state index in [-0.39, 0.29) is 11.2 Å². The second kappa shape index (κ2) is 6.43. The van der Waals surface area contributed by atoms with E-state index in [2.05, 4.69) is 26.0 Å². The molecule has 128 valence electrons. The fourth-order valence-corrected chi connectivity index (χ4v) is 3.84. The highest BCUT2D eigenvalue weighted by Gasteiger charge is 2.14. The minimum Gasteiger partial charge on any atom is -0.266 e. The fourth-order valence-electron chi connectivity index (χ4n) is 2.47. The molecule has 0 fully saturated rings. The average molecular weight is 429 g/mol.